The van der Waals surface area contributed by atoms with Gasteiger partial charge in [-0.05, 0) is 29.8 Å². The topological polar surface area (TPSA) is 100 Å². The number of para-hydroxylation sites is 1. The molecule has 1 N–H and O–H groups in total. The molecule has 0 aliphatic carbocycles. The van der Waals surface area contributed by atoms with Crippen LogP contribution in [-0.4, -0.2) is 35.0 Å². The number of aromatic nitrogens is 2. The summed E-state index contributed by atoms with van der Waals surface area (Å²) in [6, 6.07) is 18.2. The molecule has 1 atom stereocenters. The second-order valence-corrected chi connectivity index (χ2v) is 7.46. The molecule has 0 bridgehead atoms. The minimum Gasteiger partial charge on any atom is -0.497 e. The van der Waals surface area contributed by atoms with Crippen LogP contribution in [0.15, 0.2) is 67.0 Å². The van der Waals surface area contributed by atoms with Crippen molar-refractivity contribution in [1.82, 2.24) is 14.9 Å². The summed E-state index contributed by atoms with van der Waals surface area (Å²) in [6.07, 6.45) is 3.73. The van der Waals surface area contributed by atoms with E-state index in [1.807, 2.05) is 72.4 Å². The number of amides is 2. The Morgan fingerprint density at radius 1 is 1.18 bits per heavy atom. The van der Waals surface area contributed by atoms with E-state index in [0.717, 1.165) is 5.56 Å². The van der Waals surface area contributed by atoms with Gasteiger partial charge in [-0.15, -0.1) is 0 Å². The lowest BCUT2D eigenvalue weighted by atomic mass is 10.1. The Kier molecular flexibility index (Phi) is 8.19. The normalized spacial score (nSPS) is 11.3. The second kappa shape index (κ2) is 11.5. The number of nitriles is 1. The van der Waals surface area contributed by atoms with Gasteiger partial charge in [0.15, 0.2) is 0 Å². The molecule has 1 aromatic heterocycles. The van der Waals surface area contributed by atoms with E-state index in [0.29, 0.717) is 17.3 Å². The Labute approximate surface area is 193 Å². The summed E-state index contributed by atoms with van der Waals surface area (Å²) in [5.41, 5.74) is 1.53. The molecule has 3 aromatic rings. The maximum absolute atomic E-state index is 12.9. The molecular formula is C25H27N5O3. The summed E-state index contributed by atoms with van der Waals surface area (Å²) in [4.78, 5) is 31.7. The maximum Gasteiger partial charge on any atom is 0.227 e. The molecule has 2 amide bonds. The lowest BCUT2D eigenvalue weighted by Crippen LogP contribution is -2.35. The number of hydrogen-bond acceptors (Lipinski definition) is 5. The predicted octanol–water partition coefficient (Wildman–Crippen LogP) is 3.36. The largest absolute Gasteiger partial charge is 0.497 e. The Morgan fingerprint density at radius 3 is 2.64 bits per heavy atom. The van der Waals surface area contributed by atoms with Crippen LogP contribution in [0.4, 0.5) is 5.69 Å². The van der Waals surface area contributed by atoms with Crippen molar-refractivity contribution in [2.24, 2.45) is 7.05 Å². The molecule has 33 heavy (non-hydrogen) atoms. The number of methoxy groups -OCH3 is 1. The summed E-state index contributed by atoms with van der Waals surface area (Å²) >= 11 is 0. The van der Waals surface area contributed by atoms with Gasteiger partial charge in [0.2, 0.25) is 11.8 Å². The first-order valence-electron chi connectivity index (χ1n) is 10.7. The van der Waals surface area contributed by atoms with E-state index >= 15 is 0 Å². The van der Waals surface area contributed by atoms with Gasteiger partial charge < -0.3 is 19.5 Å². The van der Waals surface area contributed by atoms with Gasteiger partial charge in [0.1, 0.15) is 17.6 Å². The maximum atomic E-state index is 12.9. The molecule has 0 saturated heterocycles. The molecule has 0 radical (unpaired) electrons. The highest BCUT2D eigenvalue weighted by atomic mass is 16.5. The number of rotatable bonds is 10. The highest BCUT2D eigenvalue weighted by Crippen LogP contribution is 2.24. The summed E-state index contributed by atoms with van der Waals surface area (Å²) in [5.74, 6) is 0.865. The van der Waals surface area contributed by atoms with Gasteiger partial charge in [-0.2, -0.15) is 5.26 Å². The minimum absolute atomic E-state index is 0.0135. The lowest BCUT2D eigenvalue weighted by Gasteiger charge is -2.22. The number of carbonyl (C=O) groups is 2. The number of carbonyl (C=O) groups excluding carboxylic acids is 2. The fraction of sp³-hybridized carbons (Fsp3) is 0.280. The molecule has 0 aliphatic heterocycles. The number of ether oxygens (including phenoxy) is 1. The zero-order chi connectivity index (χ0) is 23.6. The number of nitrogens with one attached hydrogen (secondary N) is 1. The summed E-state index contributed by atoms with van der Waals surface area (Å²) in [5, 5.41) is 12.0. The van der Waals surface area contributed by atoms with Crippen molar-refractivity contribution in [2.75, 3.05) is 18.6 Å². The minimum atomic E-state index is -0.494. The standard InChI is InChI=1S/C25H27N5O3/c1-29-17-15-27-25(29)24(19-8-6-11-21(18-19)33-2)28-22(31)12-13-23(32)30(16-7-14-26)20-9-4-3-5-10-20/h3-6,8-11,15,17-18,24H,7,12-13,16H2,1-2H3,(H,28,31). The van der Waals surface area contributed by atoms with Crippen LogP contribution in [0.3, 0.4) is 0 Å². The third kappa shape index (κ3) is 6.20. The molecule has 1 heterocycles. The molecule has 0 aliphatic rings. The Balaban J connectivity index is 1.71. The molecule has 0 spiro atoms. The van der Waals surface area contributed by atoms with Gasteiger partial charge in [-0.25, -0.2) is 4.98 Å². The first-order chi connectivity index (χ1) is 16.0. The third-order valence-electron chi connectivity index (χ3n) is 5.23. The Hall–Kier alpha value is -4.12. The van der Waals surface area contributed by atoms with Gasteiger partial charge >= 0.3 is 0 Å². The van der Waals surface area contributed by atoms with Crippen LogP contribution in [0.2, 0.25) is 0 Å². The first-order valence-corrected chi connectivity index (χ1v) is 10.7. The van der Waals surface area contributed by atoms with Crippen molar-refractivity contribution in [3.63, 3.8) is 0 Å². The van der Waals surface area contributed by atoms with Crippen molar-refractivity contribution in [3.05, 3.63) is 78.4 Å². The predicted molar refractivity (Wildman–Crippen MR) is 124 cm³/mol. The SMILES string of the molecule is COc1cccc(C(NC(=O)CCC(=O)N(CCC#N)c2ccccc2)c2nccn2C)c1. The van der Waals surface area contributed by atoms with Crippen molar-refractivity contribution < 1.29 is 14.3 Å². The molecular weight excluding hydrogens is 418 g/mol. The van der Waals surface area contributed by atoms with Crippen LogP contribution in [0.5, 0.6) is 5.75 Å². The summed E-state index contributed by atoms with van der Waals surface area (Å²) in [7, 11) is 3.45. The molecule has 0 fully saturated rings. The van der Waals surface area contributed by atoms with E-state index in [1.165, 1.54) is 0 Å². The molecule has 8 heteroatoms. The molecule has 170 valence electrons. The van der Waals surface area contributed by atoms with E-state index in [2.05, 4.69) is 16.4 Å². The number of nitrogens with zero attached hydrogens (tertiary/aromatic N) is 4. The van der Waals surface area contributed by atoms with Crippen LogP contribution in [0.1, 0.15) is 36.7 Å². The van der Waals surface area contributed by atoms with Crippen molar-refractivity contribution >= 4 is 17.5 Å². The summed E-state index contributed by atoms with van der Waals surface area (Å²) in [6.45, 7) is 0.278. The van der Waals surface area contributed by atoms with E-state index in [1.54, 1.807) is 18.2 Å². The van der Waals surface area contributed by atoms with Gasteiger partial charge in [-0.3, -0.25) is 9.59 Å². The summed E-state index contributed by atoms with van der Waals surface area (Å²) < 4.78 is 7.17. The fourth-order valence-corrected chi connectivity index (χ4v) is 3.53. The smallest absolute Gasteiger partial charge is 0.227 e. The van der Waals surface area contributed by atoms with E-state index < -0.39 is 6.04 Å². The van der Waals surface area contributed by atoms with E-state index in [-0.39, 0.29) is 37.6 Å². The van der Waals surface area contributed by atoms with Crippen molar-refractivity contribution in [1.29, 1.82) is 5.26 Å². The van der Waals surface area contributed by atoms with Gasteiger partial charge in [0, 0.05) is 44.5 Å². The second-order valence-electron chi connectivity index (χ2n) is 7.46. The van der Waals surface area contributed by atoms with E-state index in [9.17, 15) is 9.59 Å². The molecule has 8 nitrogen and oxygen atoms in total. The zero-order valence-corrected chi connectivity index (χ0v) is 18.8. The molecule has 0 saturated carbocycles. The first kappa shape index (κ1) is 23.5. The zero-order valence-electron chi connectivity index (χ0n) is 18.8. The van der Waals surface area contributed by atoms with Gasteiger partial charge in [0.05, 0.1) is 19.6 Å². The van der Waals surface area contributed by atoms with Crippen LogP contribution < -0.4 is 15.0 Å². The number of hydrogen-bond donors (Lipinski definition) is 1. The van der Waals surface area contributed by atoms with Crippen molar-refractivity contribution in [2.45, 2.75) is 25.3 Å². The highest BCUT2D eigenvalue weighted by Gasteiger charge is 2.23. The molecule has 1 unspecified atom stereocenters. The van der Waals surface area contributed by atoms with Crippen LogP contribution in [0, 0.1) is 11.3 Å². The molecule has 2 aromatic carbocycles. The number of aryl methyl sites for hydroxylation is 1. The highest BCUT2D eigenvalue weighted by molar-refractivity contribution is 5.95. The van der Waals surface area contributed by atoms with Gasteiger partial charge in [-0.1, -0.05) is 30.3 Å². The average molecular weight is 446 g/mol. The fourth-order valence-electron chi connectivity index (χ4n) is 3.53. The van der Waals surface area contributed by atoms with Crippen LogP contribution in [-0.2, 0) is 16.6 Å². The molecule has 3 rings (SSSR count). The lowest BCUT2D eigenvalue weighted by molar-refractivity contribution is -0.125. The van der Waals surface area contributed by atoms with Gasteiger partial charge in [0.25, 0.3) is 0 Å². The van der Waals surface area contributed by atoms with Crippen LogP contribution in [0.25, 0.3) is 0 Å². The third-order valence-corrected chi connectivity index (χ3v) is 5.23. The monoisotopic (exact) mass is 445 g/mol. The quantitative estimate of drug-likeness (QED) is 0.516. The van der Waals surface area contributed by atoms with Crippen molar-refractivity contribution in [3.8, 4) is 11.8 Å². The average Bonchev–Trinajstić information content (AvgIpc) is 3.27. The number of anilines is 1. The Bertz CT molecular complexity index is 1120. The number of benzene rings is 2. The number of imidazole rings is 1. The van der Waals surface area contributed by atoms with E-state index in [4.69, 9.17) is 10.00 Å². The Morgan fingerprint density at radius 2 is 1.97 bits per heavy atom. The van der Waals surface area contributed by atoms with Crippen LogP contribution >= 0.6 is 0 Å².